The summed E-state index contributed by atoms with van der Waals surface area (Å²) in [6.45, 7) is 7.97. The Balaban J connectivity index is 3.04. The largest absolute Gasteiger partial charge is 0.383 e. The van der Waals surface area contributed by atoms with Crippen LogP contribution in [-0.2, 0) is 4.74 Å². The standard InChI is InChI=1S/C13H24N4O/c1-6-10(2)17(7-8-18-5)13-11(3)12(14-4)15-9-16-13/h9-10H,6-8H2,1-5H3,(H,14,15,16). The van der Waals surface area contributed by atoms with Crippen molar-refractivity contribution in [2.45, 2.75) is 33.2 Å². The molecule has 0 fully saturated rings. The van der Waals surface area contributed by atoms with Gasteiger partial charge < -0.3 is 15.0 Å². The highest BCUT2D eigenvalue weighted by Crippen LogP contribution is 2.24. The van der Waals surface area contributed by atoms with E-state index in [9.17, 15) is 0 Å². The van der Waals surface area contributed by atoms with Crippen molar-refractivity contribution < 1.29 is 4.74 Å². The highest BCUT2D eigenvalue weighted by molar-refractivity contribution is 5.58. The third-order valence-corrected chi connectivity index (χ3v) is 3.23. The highest BCUT2D eigenvalue weighted by atomic mass is 16.5. The first-order valence-corrected chi connectivity index (χ1v) is 6.40. The van der Waals surface area contributed by atoms with E-state index in [1.165, 1.54) is 0 Å². The zero-order chi connectivity index (χ0) is 13.5. The Bertz CT molecular complexity index is 370. The predicted octanol–water partition coefficient (Wildman–Crippen LogP) is 2.08. The Morgan fingerprint density at radius 3 is 2.72 bits per heavy atom. The van der Waals surface area contributed by atoms with Gasteiger partial charge in [0.15, 0.2) is 0 Å². The van der Waals surface area contributed by atoms with Gasteiger partial charge in [-0.05, 0) is 20.3 Å². The first-order chi connectivity index (χ1) is 8.65. The third-order valence-electron chi connectivity index (χ3n) is 3.23. The molecule has 1 aromatic rings. The van der Waals surface area contributed by atoms with Crippen LogP contribution < -0.4 is 10.2 Å². The van der Waals surface area contributed by atoms with Crippen LogP contribution in [0.4, 0.5) is 11.6 Å². The molecule has 1 N–H and O–H groups in total. The van der Waals surface area contributed by atoms with Crippen molar-refractivity contribution in [1.82, 2.24) is 9.97 Å². The van der Waals surface area contributed by atoms with Crippen LogP contribution in [0.15, 0.2) is 6.33 Å². The number of aromatic nitrogens is 2. The fourth-order valence-corrected chi connectivity index (χ4v) is 1.93. The van der Waals surface area contributed by atoms with Crippen molar-refractivity contribution in [2.75, 3.05) is 37.5 Å². The number of rotatable bonds is 7. The summed E-state index contributed by atoms with van der Waals surface area (Å²) in [5, 5.41) is 3.09. The second-order valence-corrected chi connectivity index (χ2v) is 4.36. The van der Waals surface area contributed by atoms with Gasteiger partial charge in [0.05, 0.1) is 6.61 Å². The summed E-state index contributed by atoms with van der Waals surface area (Å²) in [4.78, 5) is 10.9. The second-order valence-electron chi connectivity index (χ2n) is 4.36. The van der Waals surface area contributed by atoms with Crippen LogP contribution in [0, 0.1) is 6.92 Å². The average Bonchev–Trinajstić information content (AvgIpc) is 2.40. The number of ether oxygens (including phenoxy) is 1. The van der Waals surface area contributed by atoms with Crippen LogP contribution in [0.5, 0.6) is 0 Å². The van der Waals surface area contributed by atoms with Crippen molar-refractivity contribution in [1.29, 1.82) is 0 Å². The Morgan fingerprint density at radius 2 is 2.17 bits per heavy atom. The van der Waals surface area contributed by atoms with E-state index >= 15 is 0 Å². The number of hydrogen-bond acceptors (Lipinski definition) is 5. The molecule has 0 radical (unpaired) electrons. The summed E-state index contributed by atoms with van der Waals surface area (Å²) in [5.74, 6) is 1.87. The van der Waals surface area contributed by atoms with Gasteiger partial charge in [-0.1, -0.05) is 6.92 Å². The summed E-state index contributed by atoms with van der Waals surface area (Å²) in [7, 11) is 3.60. The monoisotopic (exact) mass is 252 g/mol. The first-order valence-electron chi connectivity index (χ1n) is 6.40. The van der Waals surface area contributed by atoms with Gasteiger partial charge in [0.1, 0.15) is 18.0 Å². The molecule has 0 aliphatic heterocycles. The van der Waals surface area contributed by atoms with E-state index in [4.69, 9.17) is 4.74 Å². The molecule has 1 aromatic heterocycles. The lowest BCUT2D eigenvalue weighted by Crippen LogP contribution is -2.36. The van der Waals surface area contributed by atoms with Crippen molar-refractivity contribution >= 4 is 11.6 Å². The summed E-state index contributed by atoms with van der Waals surface area (Å²) in [6, 6.07) is 0.429. The van der Waals surface area contributed by atoms with E-state index in [0.717, 1.165) is 30.2 Å². The maximum absolute atomic E-state index is 5.18. The average molecular weight is 252 g/mol. The smallest absolute Gasteiger partial charge is 0.137 e. The Kier molecular flexibility index (Phi) is 5.85. The summed E-state index contributed by atoms with van der Waals surface area (Å²) in [6.07, 6.45) is 2.68. The zero-order valence-corrected chi connectivity index (χ0v) is 12.0. The maximum Gasteiger partial charge on any atom is 0.137 e. The quantitative estimate of drug-likeness (QED) is 0.805. The van der Waals surface area contributed by atoms with Crippen molar-refractivity contribution in [3.8, 4) is 0 Å². The number of nitrogens with one attached hydrogen (secondary N) is 1. The number of hydrogen-bond donors (Lipinski definition) is 1. The predicted molar refractivity (Wildman–Crippen MR) is 75.3 cm³/mol. The third kappa shape index (κ3) is 3.32. The molecular weight excluding hydrogens is 228 g/mol. The van der Waals surface area contributed by atoms with Crippen molar-refractivity contribution in [2.24, 2.45) is 0 Å². The van der Waals surface area contributed by atoms with E-state index in [1.807, 2.05) is 14.0 Å². The molecule has 5 heteroatoms. The van der Waals surface area contributed by atoms with Gasteiger partial charge in [-0.25, -0.2) is 9.97 Å². The molecule has 0 bridgehead atoms. The van der Waals surface area contributed by atoms with Crippen molar-refractivity contribution in [3.63, 3.8) is 0 Å². The minimum absolute atomic E-state index is 0.429. The fourth-order valence-electron chi connectivity index (χ4n) is 1.93. The number of anilines is 2. The van der Waals surface area contributed by atoms with Gasteiger partial charge in [0, 0.05) is 32.3 Å². The van der Waals surface area contributed by atoms with Gasteiger partial charge in [0.25, 0.3) is 0 Å². The minimum atomic E-state index is 0.429. The Hall–Kier alpha value is -1.36. The van der Waals surface area contributed by atoms with Crippen LogP contribution in [0.25, 0.3) is 0 Å². The Morgan fingerprint density at radius 1 is 1.44 bits per heavy atom. The molecule has 0 aliphatic rings. The van der Waals surface area contributed by atoms with E-state index in [2.05, 4.69) is 34.0 Å². The fraction of sp³-hybridized carbons (Fsp3) is 0.692. The van der Waals surface area contributed by atoms with Gasteiger partial charge in [-0.3, -0.25) is 0 Å². The van der Waals surface area contributed by atoms with E-state index < -0.39 is 0 Å². The summed E-state index contributed by atoms with van der Waals surface area (Å²) < 4.78 is 5.18. The maximum atomic E-state index is 5.18. The van der Waals surface area contributed by atoms with E-state index in [1.54, 1.807) is 13.4 Å². The molecule has 0 aromatic carbocycles. The van der Waals surface area contributed by atoms with E-state index in [0.29, 0.717) is 12.6 Å². The van der Waals surface area contributed by atoms with Crippen LogP contribution >= 0.6 is 0 Å². The SMILES string of the molecule is CCC(C)N(CCOC)c1ncnc(NC)c1C. The lowest BCUT2D eigenvalue weighted by molar-refractivity contribution is 0.203. The lowest BCUT2D eigenvalue weighted by Gasteiger charge is -2.30. The molecule has 0 amide bonds. The van der Waals surface area contributed by atoms with Crippen LogP contribution in [0.1, 0.15) is 25.8 Å². The molecule has 0 aliphatic carbocycles. The Labute approximate surface area is 110 Å². The first kappa shape index (κ1) is 14.7. The normalized spacial score (nSPS) is 12.3. The minimum Gasteiger partial charge on any atom is -0.383 e. The molecule has 0 saturated heterocycles. The molecule has 1 atom stereocenters. The molecule has 0 saturated carbocycles. The second kappa shape index (κ2) is 7.16. The highest BCUT2D eigenvalue weighted by Gasteiger charge is 2.17. The molecule has 0 spiro atoms. The molecule has 102 valence electrons. The van der Waals surface area contributed by atoms with Crippen molar-refractivity contribution in [3.05, 3.63) is 11.9 Å². The molecule has 1 heterocycles. The van der Waals surface area contributed by atoms with E-state index in [-0.39, 0.29) is 0 Å². The zero-order valence-electron chi connectivity index (χ0n) is 12.0. The number of nitrogens with zero attached hydrogens (tertiary/aromatic N) is 3. The summed E-state index contributed by atoms with van der Waals surface area (Å²) >= 11 is 0. The topological polar surface area (TPSA) is 50.3 Å². The van der Waals surface area contributed by atoms with Crippen LogP contribution in [-0.4, -0.2) is 43.3 Å². The van der Waals surface area contributed by atoms with Gasteiger partial charge in [-0.2, -0.15) is 0 Å². The molecule has 5 nitrogen and oxygen atoms in total. The molecular formula is C13H24N4O. The van der Waals surface area contributed by atoms with Gasteiger partial charge in [-0.15, -0.1) is 0 Å². The lowest BCUT2D eigenvalue weighted by atomic mass is 10.2. The summed E-state index contributed by atoms with van der Waals surface area (Å²) in [5.41, 5.74) is 1.08. The van der Waals surface area contributed by atoms with Gasteiger partial charge in [0.2, 0.25) is 0 Å². The molecule has 1 rings (SSSR count). The molecule has 1 unspecified atom stereocenters. The van der Waals surface area contributed by atoms with Crippen LogP contribution in [0.2, 0.25) is 0 Å². The molecule has 18 heavy (non-hydrogen) atoms. The van der Waals surface area contributed by atoms with Gasteiger partial charge >= 0.3 is 0 Å². The number of methoxy groups -OCH3 is 1. The van der Waals surface area contributed by atoms with Crippen LogP contribution in [0.3, 0.4) is 0 Å².